The average molecular weight is 880 g/mol. The predicted octanol–water partition coefficient (Wildman–Crippen LogP) is 6.13. The standard InChI is InChI=1S/C46H58FN9O4SSi/c1-43(2,3)62(32-16-8-6-9-17-32,33-18-10-7-11-19-33)60-44(4)21-12-13-24-55(29-44)41-51-39(52-42(53-41)58-30-46-23-15-25-56(46)28-31(47)26-46)37(49)54-59-40(57)45(5)22-14-20-35-36(45)34(27-48)38(50)61-35/h6-11,16-19,31H,12-15,20-26,28-30,50H2,1-5H3,(H2,49,54)/t31-,44?,45+,46+/m1/s1. The fraction of sp³-hybridized carbons (Fsp3) is 0.522. The van der Waals surface area contributed by atoms with Crippen LogP contribution in [-0.2, 0) is 25.9 Å². The van der Waals surface area contributed by atoms with Crippen molar-refractivity contribution in [1.29, 1.82) is 5.26 Å². The van der Waals surface area contributed by atoms with Crippen LogP contribution in [0.2, 0.25) is 5.04 Å². The van der Waals surface area contributed by atoms with Gasteiger partial charge in [0.05, 0.1) is 22.1 Å². The van der Waals surface area contributed by atoms with Gasteiger partial charge in [-0.2, -0.15) is 20.2 Å². The predicted molar refractivity (Wildman–Crippen MR) is 242 cm³/mol. The summed E-state index contributed by atoms with van der Waals surface area (Å²) in [6.07, 6.45) is 5.69. The van der Waals surface area contributed by atoms with E-state index in [4.69, 9.17) is 35.4 Å². The molecule has 4 aliphatic rings. The van der Waals surface area contributed by atoms with E-state index in [2.05, 4.69) is 102 Å². The number of nitrogens with two attached hydrogens (primary N) is 2. The lowest BCUT2D eigenvalue weighted by molar-refractivity contribution is -0.150. The summed E-state index contributed by atoms with van der Waals surface area (Å²) in [6, 6.07) is 23.4. The first-order valence-electron chi connectivity index (χ1n) is 21.8. The van der Waals surface area contributed by atoms with Crippen molar-refractivity contribution in [3.8, 4) is 12.1 Å². The van der Waals surface area contributed by atoms with E-state index in [-0.39, 0.29) is 29.3 Å². The molecule has 3 saturated heterocycles. The zero-order valence-electron chi connectivity index (χ0n) is 36.5. The normalized spacial score (nSPS) is 25.7. The molecule has 1 unspecified atom stereocenters. The number of nitrogens with zero attached hydrogens (tertiary/aromatic N) is 7. The lowest BCUT2D eigenvalue weighted by Crippen LogP contribution is -2.70. The van der Waals surface area contributed by atoms with Gasteiger partial charge in [0, 0.05) is 36.5 Å². The smallest absolute Gasteiger partial charge is 0.345 e. The first kappa shape index (κ1) is 43.7. The van der Waals surface area contributed by atoms with Crippen LogP contribution in [0.25, 0.3) is 0 Å². The lowest BCUT2D eigenvalue weighted by atomic mass is 9.72. The highest BCUT2D eigenvalue weighted by Gasteiger charge is 2.54. The van der Waals surface area contributed by atoms with E-state index in [0.717, 1.165) is 56.4 Å². The highest BCUT2D eigenvalue weighted by Crippen LogP contribution is 2.47. The molecule has 2 aromatic heterocycles. The second-order valence-corrected chi connectivity index (χ2v) is 24.3. The maximum Gasteiger partial charge on any atom is 0.345 e. The van der Waals surface area contributed by atoms with Gasteiger partial charge in [-0.25, -0.2) is 9.18 Å². The Labute approximate surface area is 368 Å². The van der Waals surface area contributed by atoms with Crippen LogP contribution in [0, 0.1) is 11.3 Å². The fourth-order valence-corrected chi connectivity index (χ4v) is 16.5. The number of alkyl halides is 1. The van der Waals surface area contributed by atoms with Gasteiger partial charge in [0.1, 0.15) is 23.8 Å². The molecule has 4 atom stereocenters. The number of oxime groups is 1. The molecule has 0 bridgehead atoms. The molecule has 0 radical (unpaired) electrons. The number of hydrogen-bond donors (Lipinski definition) is 2. The van der Waals surface area contributed by atoms with Gasteiger partial charge in [0.2, 0.25) is 17.6 Å². The van der Waals surface area contributed by atoms with E-state index in [0.29, 0.717) is 54.6 Å². The summed E-state index contributed by atoms with van der Waals surface area (Å²) < 4.78 is 29.0. The number of carbonyl (C=O) groups is 1. The Bertz CT molecular complexity index is 2320. The molecular formula is C46H58FN9O4SSi. The van der Waals surface area contributed by atoms with Crippen LogP contribution >= 0.6 is 11.3 Å². The number of rotatable bonds is 11. The van der Waals surface area contributed by atoms with E-state index in [1.54, 1.807) is 6.92 Å². The first-order chi connectivity index (χ1) is 29.6. The molecule has 0 spiro atoms. The van der Waals surface area contributed by atoms with Crippen molar-refractivity contribution in [3.63, 3.8) is 0 Å². The third kappa shape index (κ3) is 8.08. The van der Waals surface area contributed by atoms with Gasteiger partial charge < -0.3 is 30.4 Å². The van der Waals surface area contributed by atoms with Gasteiger partial charge >= 0.3 is 12.0 Å². The van der Waals surface area contributed by atoms with E-state index < -0.39 is 37.0 Å². The largest absolute Gasteiger partial charge is 0.461 e. The quantitative estimate of drug-likeness (QED) is 0.0581. The van der Waals surface area contributed by atoms with Crippen molar-refractivity contribution in [2.45, 2.75) is 120 Å². The minimum absolute atomic E-state index is 0.0214. The molecule has 4 aromatic rings. The Balaban J connectivity index is 1.14. The zero-order chi connectivity index (χ0) is 43.9. The van der Waals surface area contributed by atoms with Crippen molar-refractivity contribution in [1.82, 2.24) is 19.9 Å². The van der Waals surface area contributed by atoms with E-state index in [1.165, 1.54) is 21.7 Å². The van der Waals surface area contributed by atoms with Gasteiger partial charge in [-0.3, -0.25) is 4.90 Å². The fourth-order valence-electron chi connectivity index (χ4n) is 10.5. The number of aryl methyl sites for hydroxylation is 1. The second kappa shape index (κ2) is 17.0. The maximum absolute atomic E-state index is 14.8. The number of halogens is 1. The molecule has 0 amide bonds. The topological polar surface area (TPSA) is 178 Å². The van der Waals surface area contributed by atoms with Gasteiger partial charge in [-0.1, -0.05) is 86.6 Å². The molecule has 328 valence electrons. The first-order valence-corrected chi connectivity index (χ1v) is 24.5. The molecule has 62 heavy (non-hydrogen) atoms. The molecule has 3 aliphatic heterocycles. The van der Waals surface area contributed by atoms with Gasteiger partial charge in [0.25, 0.3) is 8.32 Å². The van der Waals surface area contributed by atoms with Crippen molar-refractivity contribution in [2.24, 2.45) is 10.9 Å². The average Bonchev–Trinajstić information content (AvgIpc) is 3.85. The number of hydrogen-bond acceptors (Lipinski definition) is 13. The second-order valence-electron chi connectivity index (χ2n) is 19.0. The van der Waals surface area contributed by atoms with Crippen LogP contribution in [0.3, 0.4) is 0 Å². The molecule has 3 fully saturated rings. The van der Waals surface area contributed by atoms with Crippen molar-refractivity contribution >= 4 is 52.8 Å². The van der Waals surface area contributed by atoms with Crippen molar-refractivity contribution in [3.05, 3.63) is 82.5 Å². The molecule has 13 nitrogen and oxygen atoms in total. The molecule has 4 N–H and O–H groups in total. The summed E-state index contributed by atoms with van der Waals surface area (Å²) >= 11 is 1.33. The molecule has 5 heterocycles. The molecule has 8 rings (SSSR count). The summed E-state index contributed by atoms with van der Waals surface area (Å²) in [4.78, 5) is 39.0. The van der Waals surface area contributed by atoms with Crippen LogP contribution in [0.5, 0.6) is 6.01 Å². The van der Waals surface area contributed by atoms with Crippen LogP contribution in [0.1, 0.15) is 108 Å². The molecular weight excluding hydrogens is 822 g/mol. The molecule has 16 heteroatoms. The summed E-state index contributed by atoms with van der Waals surface area (Å²) in [5.74, 6) is -0.615. The third-order valence-corrected chi connectivity index (χ3v) is 19.8. The number of anilines is 2. The Morgan fingerprint density at radius 3 is 2.39 bits per heavy atom. The summed E-state index contributed by atoms with van der Waals surface area (Å²) in [6.45, 7) is 13.3. The number of amidine groups is 1. The maximum atomic E-state index is 14.8. The van der Waals surface area contributed by atoms with Gasteiger partial charge in [-0.05, 0) is 87.2 Å². The molecule has 2 aromatic carbocycles. The Morgan fingerprint density at radius 2 is 1.71 bits per heavy atom. The zero-order valence-corrected chi connectivity index (χ0v) is 38.3. The molecule has 1 aliphatic carbocycles. The van der Waals surface area contributed by atoms with E-state index >= 15 is 0 Å². The number of nitriles is 1. The van der Waals surface area contributed by atoms with E-state index in [9.17, 15) is 14.4 Å². The highest BCUT2D eigenvalue weighted by molar-refractivity contribution is 7.16. The minimum Gasteiger partial charge on any atom is -0.461 e. The Morgan fingerprint density at radius 1 is 1.00 bits per heavy atom. The van der Waals surface area contributed by atoms with Crippen LogP contribution in [0.4, 0.5) is 15.3 Å². The number of nitrogen functional groups attached to an aromatic ring is 1. The van der Waals surface area contributed by atoms with Crippen LogP contribution in [0.15, 0.2) is 65.8 Å². The van der Waals surface area contributed by atoms with Crippen molar-refractivity contribution < 1.29 is 23.2 Å². The third-order valence-electron chi connectivity index (χ3n) is 13.5. The van der Waals surface area contributed by atoms with Crippen LogP contribution in [-0.4, -0.2) is 90.1 Å². The number of thiophene rings is 1. The van der Waals surface area contributed by atoms with Gasteiger partial charge in [0.15, 0.2) is 0 Å². The number of carbonyl (C=O) groups excluding carboxylic acids is 1. The van der Waals surface area contributed by atoms with Crippen molar-refractivity contribution in [2.75, 3.05) is 43.4 Å². The highest BCUT2D eigenvalue weighted by atomic mass is 32.1. The summed E-state index contributed by atoms with van der Waals surface area (Å²) in [5, 5.41) is 16.6. The number of benzene rings is 2. The lowest BCUT2D eigenvalue weighted by Gasteiger charge is -2.49. The SMILES string of the molecule is CC1(O[Si](c2ccccc2)(c2ccccc2)C(C)(C)C)CCCCN(c2nc(OC[C@@]34CCCN3C[C@H](F)C4)nc(/C(N)=N/OC(=O)[C@@]3(C)CCCc4sc(N)c(C#N)c43)n2)C1. The molecule has 0 saturated carbocycles. The minimum atomic E-state index is -2.97. The number of ether oxygens (including phenoxy) is 1. The van der Waals surface area contributed by atoms with Gasteiger partial charge in [-0.15, -0.1) is 11.3 Å². The number of aromatic nitrogens is 3. The monoisotopic (exact) mass is 879 g/mol. The summed E-state index contributed by atoms with van der Waals surface area (Å²) in [7, 11) is -2.97. The number of fused-ring (bicyclic) bond motifs is 2. The Kier molecular flexibility index (Phi) is 12.0. The summed E-state index contributed by atoms with van der Waals surface area (Å²) in [5.41, 5.74) is 11.4. The van der Waals surface area contributed by atoms with Crippen LogP contribution < -0.4 is 31.5 Å². The van der Waals surface area contributed by atoms with E-state index in [1.807, 2.05) is 12.1 Å². The Hall–Kier alpha value is -4.95.